The van der Waals surface area contributed by atoms with Crippen molar-refractivity contribution in [3.63, 3.8) is 0 Å². The molecule has 1 N–H and O–H groups in total. The first kappa shape index (κ1) is 5.34. The predicted octanol–water partition coefficient (Wildman–Crippen LogP) is -0.218. The van der Waals surface area contributed by atoms with Crippen LogP contribution in [0.3, 0.4) is 0 Å². The summed E-state index contributed by atoms with van der Waals surface area (Å²) >= 11 is 0. The summed E-state index contributed by atoms with van der Waals surface area (Å²) in [5.74, 6) is 0. The maximum Gasteiger partial charge on any atom is 0.223 e. The summed E-state index contributed by atoms with van der Waals surface area (Å²) in [6.07, 6.45) is 5.23. The van der Waals surface area contributed by atoms with Crippen molar-refractivity contribution in [2.24, 2.45) is 7.05 Å². The zero-order valence-corrected chi connectivity index (χ0v) is 5.57. The average molecular weight is 135 g/mol. The van der Waals surface area contributed by atoms with Gasteiger partial charge in [-0.2, -0.15) is 0 Å². The van der Waals surface area contributed by atoms with Crippen molar-refractivity contribution < 1.29 is 4.68 Å². The third-order valence-corrected chi connectivity index (χ3v) is 1.32. The van der Waals surface area contributed by atoms with Crippen LogP contribution in [0.1, 0.15) is 0 Å². The number of hydrogen-bond donors (Lipinski definition) is 1. The maximum absolute atomic E-state index is 4.09. The summed E-state index contributed by atoms with van der Waals surface area (Å²) in [6.45, 7) is 0. The largest absolute Gasteiger partial charge is 0.245 e. The minimum absolute atomic E-state index is 0.824. The van der Waals surface area contributed by atoms with Crippen LogP contribution in [0.15, 0.2) is 18.6 Å². The number of nitrogens with one attached hydrogen (secondary N) is 1. The van der Waals surface area contributed by atoms with Gasteiger partial charge in [0.1, 0.15) is 0 Å². The van der Waals surface area contributed by atoms with Crippen molar-refractivity contribution in [2.75, 3.05) is 0 Å². The third-order valence-electron chi connectivity index (χ3n) is 1.32. The van der Waals surface area contributed by atoms with Crippen molar-refractivity contribution in [1.82, 2.24) is 15.1 Å². The Labute approximate surface area is 57.5 Å². The van der Waals surface area contributed by atoms with Gasteiger partial charge in [-0.25, -0.2) is 9.97 Å². The number of aromatic amines is 1. The van der Waals surface area contributed by atoms with Crippen LogP contribution in [0, 0.1) is 0 Å². The second kappa shape index (κ2) is 1.76. The molecular formula is C6H7N4+. The van der Waals surface area contributed by atoms with Crippen LogP contribution in [0.5, 0.6) is 0 Å². The van der Waals surface area contributed by atoms with Gasteiger partial charge >= 0.3 is 0 Å². The van der Waals surface area contributed by atoms with E-state index in [1.807, 2.05) is 17.9 Å². The molecule has 0 aliphatic heterocycles. The summed E-state index contributed by atoms with van der Waals surface area (Å²) in [6, 6.07) is 0. The van der Waals surface area contributed by atoms with E-state index >= 15 is 0 Å². The van der Waals surface area contributed by atoms with Crippen molar-refractivity contribution in [3.05, 3.63) is 18.6 Å². The Hall–Kier alpha value is -1.45. The number of rotatable bonds is 0. The Balaban J connectivity index is 2.88. The lowest BCUT2D eigenvalue weighted by Crippen LogP contribution is -2.28. The molecule has 10 heavy (non-hydrogen) atoms. The van der Waals surface area contributed by atoms with Gasteiger partial charge in [-0.15, -0.1) is 9.78 Å². The highest BCUT2D eigenvalue weighted by Gasteiger charge is 2.02. The first-order valence-electron chi connectivity index (χ1n) is 3.01. The molecule has 0 saturated carbocycles. The molecule has 0 aliphatic rings. The second-order valence-electron chi connectivity index (χ2n) is 2.14. The molecule has 2 rings (SSSR count). The first-order valence-corrected chi connectivity index (χ1v) is 3.01. The molecule has 0 spiro atoms. The molecule has 2 aromatic heterocycles. The Morgan fingerprint density at radius 1 is 1.40 bits per heavy atom. The fourth-order valence-corrected chi connectivity index (χ4v) is 0.912. The van der Waals surface area contributed by atoms with Gasteiger partial charge in [-0.3, -0.25) is 0 Å². The summed E-state index contributed by atoms with van der Waals surface area (Å²) in [5.41, 5.74) is 1.72. The van der Waals surface area contributed by atoms with E-state index < -0.39 is 0 Å². The topological polar surface area (TPSA) is 45.5 Å². The van der Waals surface area contributed by atoms with E-state index in [0.717, 1.165) is 11.2 Å². The van der Waals surface area contributed by atoms with Crippen molar-refractivity contribution in [3.8, 4) is 0 Å². The van der Waals surface area contributed by atoms with Gasteiger partial charge in [-0.1, -0.05) is 0 Å². The molecule has 4 nitrogen and oxygen atoms in total. The van der Waals surface area contributed by atoms with Gasteiger partial charge in [0, 0.05) is 12.4 Å². The number of hydrogen-bond acceptors (Lipinski definition) is 2. The zero-order chi connectivity index (χ0) is 6.97. The van der Waals surface area contributed by atoms with E-state index in [1.165, 1.54) is 0 Å². The Kier molecular flexibility index (Phi) is 0.943. The van der Waals surface area contributed by atoms with Gasteiger partial charge < -0.3 is 0 Å². The van der Waals surface area contributed by atoms with Crippen molar-refractivity contribution in [1.29, 1.82) is 0 Å². The minimum Gasteiger partial charge on any atom is -0.245 e. The van der Waals surface area contributed by atoms with Crippen LogP contribution < -0.4 is 4.68 Å². The van der Waals surface area contributed by atoms with Crippen molar-refractivity contribution >= 4 is 11.2 Å². The zero-order valence-electron chi connectivity index (χ0n) is 5.57. The van der Waals surface area contributed by atoms with E-state index in [2.05, 4.69) is 15.1 Å². The van der Waals surface area contributed by atoms with Gasteiger partial charge in [-0.05, 0) is 0 Å². The van der Waals surface area contributed by atoms with Crippen LogP contribution >= 0.6 is 0 Å². The standard InChI is InChI=1S/C6H6N4/c1-10-4-5-6(9-10)8-3-2-7-5/h2-4H,1H3/p+1. The summed E-state index contributed by atoms with van der Waals surface area (Å²) in [5, 5.41) is 3.00. The second-order valence-corrected chi connectivity index (χ2v) is 2.14. The summed E-state index contributed by atoms with van der Waals surface area (Å²) in [7, 11) is 1.91. The lowest BCUT2D eigenvalue weighted by Gasteiger charge is -1.77. The van der Waals surface area contributed by atoms with Crippen LogP contribution in [0.25, 0.3) is 11.2 Å². The number of fused-ring (bicyclic) bond motifs is 1. The van der Waals surface area contributed by atoms with Crippen LogP contribution in [-0.4, -0.2) is 15.1 Å². The van der Waals surface area contributed by atoms with Crippen LogP contribution in [-0.2, 0) is 7.05 Å². The highest BCUT2D eigenvalue weighted by Crippen LogP contribution is 1.97. The van der Waals surface area contributed by atoms with Crippen molar-refractivity contribution in [2.45, 2.75) is 0 Å². The quantitative estimate of drug-likeness (QED) is 0.508. The molecule has 0 unspecified atom stereocenters. The van der Waals surface area contributed by atoms with E-state index in [4.69, 9.17) is 0 Å². The average Bonchev–Trinajstić information content (AvgIpc) is 2.27. The lowest BCUT2D eigenvalue weighted by atomic mass is 10.6. The smallest absolute Gasteiger partial charge is 0.223 e. The Morgan fingerprint density at radius 2 is 2.20 bits per heavy atom. The molecule has 0 amide bonds. The molecule has 0 aliphatic carbocycles. The lowest BCUT2D eigenvalue weighted by molar-refractivity contribution is -0.724. The first-order chi connectivity index (χ1) is 4.86. The summed E-state index contributed by atoms with van der Waals surface area (Å²) in [4.78, 5) is 8.15. The molecule has 2 heterocycles. The molecule has 0 aromatic carbocycles. The normalized spacial score (nSPS) is 10.5. The van der Waals surface area contributed by atoms with Gasteiger partial charge in [0.15, 0.2) is 12.6 Å². The number of H-pyrrole nitrogens is 1. The van der Waals surface area contributed by atoms with Crippen LogP contribution in [0.2, 0.25) is 0 Å². The van der Waals surface area contributed by atoms with E-state index in [-0.39, 0.29) is 0 Å². The Bertz CT molecular complexity index is 318. The SMILES string of the molecule is C[n+]1cc2nccnc2[nH]1. The molecule has 0 saturated heterocycles. The molecule has 0 bridgehead atoms. The number of nitrogens with zero attached hydrogens (tertiary/aromatic N) is 3. The van der Waals surface area contributed by atoms with E-state index in [1.54, 1.807) is 12.4 Å². The van der Waals surface area contributed by atoms with Gasteiger partial charge in [0.25, 0.3) is 0 Å². The van der Waals surface area contributed by atoms with Gasteiger partial charge in [0.05, 0.1) is 0 Å². The van der Waals surface area contributed by atoms with E-state index in [0.29, 0.717) is 0 Å². The third kappa shape index (κ3) is 0.655. The minimum atomic E-state index is 0.824. The molecule has 0 fully saturated rings. The highest BCUT2D eigenvalue weighted by atomic mass is 15.3. The highest BCUT2D eigenvalue weighted by molar-refractivity contribution is 5.65. The molecule has 0 radical (unpaired) electrons. The fourth-order valence-electron chi connectivity index (χ4n) is 0.912. The fraction of sp³-hybridized carbons (Fsp3) is 0.167. The molecular weight excluding hydrogens is 128 g/mol. The van der Waals surface area contributed by atoms with Gasteiger partial charge in [0.2, 0.25) is 11.8 Å². The Morgan fingerprint density at radius 3 is 3.00 bits per heavy atom. The van der Waals surface area contributed by atoms with E-state index in [9.17, 15) is 0 Å². The monoisotopic (exact) mass is 135 g/mol. The number of aromatic nitrogens is 4. The summed E-state index contributed by atoms with van der Waals surface area (Å²) < 4.78 is 1.82. The van der Waals surface area contributed by atoms with Crippen LogP contribution in [0.4, 0.5) is 0 Å². The molecule has 0 atom stereocenters. The molecule has 2 aromatic rings. The maximum atomic E-state index is 4.09. The molecule has 50 valence electrons. The number of aryl methyl sites for hydroxylation is 1. The predicted molar refractivity (Wildman–Crippen MR) is 35.1 cm³/mol. The molecule has 4 heteroatoms.